The number of carbonyl (C=O) groups excluding carboxylic acids is 1. The zero-order valence-corrected chi connectivity index (χ0v) is 13.6. The van der Waals surface area contributed by atoms with Crippen molar-refractivity contribution in [2.45, 2.75) is 6.92 Å². The Balaban J connectivity index is 2.04. The number of allylic oxidation sites excluding steroid dienone is 1. The highest BCUT2D eigenvalue weighted by atomic mass is 16.1. The number of hydrogen-bond donors (Lipinski definition) is 1. The molecule has 118 valence electrons. The first-order valence-corrected chi connectivity index (χ1v) is 7.94. The van der Waals surface area contributed by atoms with Crippen LogP contribution in [0.5, 0.6) is 0 Å². The highest BCUT2D eigenvalue weighted by Gasteiger charge is 2.16. The number of benzene rings is 3. The smallest absolute Gasteiger partial charge is 0.256 e. The maximum absolute atomic E-state index is 13.0. The average Bonchev–Trinajstić information content (AvgIpc) is 2.64. The largest absolute Gasteiger partial charge is 0.322 e. The van der Waals surface area contributed by atoms with E-state index in [0.717, 1.165) is 22.4 Å². The van der Waals surface area contributed by atoms with Gasteiger partial charge in [-0.05, 0) is 35.8 Å². The molecule has 0 aliphatic heterocycles. The summed E-state index contributed by atoms with van der Waals surface area (Å²) in [6, 6.07) is 29.3. The van der Waals surface area contributed by atoms with Crippen LogP contribution in [-0.4, -0.2) is 5.91 Å². The molecule has 0 radical (unpaired) electrons. The van der Waals surface area contributed by atoms with Crippen LogP contribution in [0.4, 0.5) is 5.69 Å². The lowest BCUT2D eigenvalue weighted by atomic mass is 9.95. The van der Waals surface area contributed by atoms with Crippen molar-refractivity contribution in [2.24, 2.45) is 0 Å². The standard InChI is InChI=1S/C22H19NO/c1-17(18-11-5-2-6-12-18)21(19-13-7-3-8-14-19)22(24)23-20-15-9-4-10-16-20/h2-16H,1H3,(H,23,24)/b21-17-. The van der Waals surface area contributed by atoms with Crippen LogP contribution in [0.15, 0.2) is 91.0 Å². The summed E-state index contributed by atoms with van der Waals surface area (Å²) in [4.78, 5) is 13.0. The van der Waals surface area contributed by atoms with Gasteiger partial charge < -0.3 is 5.32 Å². The Morgan fingerprint density at radius 1 is 0.667 bits per heavy atom. The number of anilines is 1. The Hall–Kier alpha value is -3.13. The molecule has 0 unspecified atom stereocenters. The van der Waals surface area contributed by atoms with E-state index in [1.165, 1.54) is 0 Å². The molecule has 0 spiro atoms. The van der Waals surface area contributed by atoms with Crippen molar-refractivity contribution < 1.29 is 4.79 Å². The summed E-state index contributed by atoms with van der Waals surface area (Å²) in [7, 11) is 0. The summed E-state index contributed by atoms with van der Waals surface area (Å²) in [5.41, 5.74) is 4.38. The van der Waals surface area contributed by atoms with Gasteiger partial charge in [-0.1, -0.05) is 78.9 Å². The molecule has 0 fully saturated rings. The van der Waals surface area contributed by atoms with Crippen LogP contribution >= 0.6 is 0 Å². The number of nitrogens with one attached hydrogen (secondary N) is 1. The van der Waals surface area contributed by atoms with Gasteiger partial charge in [0.1, 0.15) is 0 Å². The minimum absolute atomic E-state index is 0.103. The molecule has 3 aromatic rings. The van der Waals surface area contributed by atoms with Crippen molar-refractivity contribution in [3.63, 3.8) is 0 Å². The lowest BCUT2D eigenvalue weighted by molar-refractivity contribution is -0.111. The van der Waals surface area contributed by atoms with Gasteiger partial charge in [0.05, 0.1) is 5.57 Å². The molecular formula is C22H19NO. The topological polar surface area (TPSA) is 29.1 Å². The molecule has 2 nitrogen and oxygen atoms in total. The molecule has 3 rings (SSSR count). The van der Waals surface area contributed by atoms with E-state index in [2.05, 4.69) is 5.32 Å². The van der Waals surface area contributed by atoms with E-state index in [1.807, 2.05) is 97.9 Å². The first kappa shape index (κ1) is 15.8. The fourth-order valence-electron chi connectivity index (χ4n) is 2.67. The Bertz CT molecular complexity index is 837. The predicted octanol–water partition coefficient (Wildman–Crippen LogP) is 5.26. The fraction of sp³-hybridized carbons (Fsp3) is 0.0455. The zero-order valence-electron chi connectivity index (χ0n) is 13.6. The van der Waals surface area contributed by atoms with E-state index >= 15 is 0 Å². The molecule has 1 N–H and O–H groups in total. The molecule has 3 aromatic carbocycles. The molecule has 24 heavy (non-hydrogen) atoms. The molecule has 0 aliphatic carbocycles. The van der Waals surface area contributed by atoms with Gasteiger partial charge in [-0.15, -0.1) is 0 Å². The summed E-state index contributed by atoms with van der Waals surface area (Å²) < 4.78 is 0. The lowest BCUT2D eigenvalue weighted by Gasteiger charge is -2.14. The molecule has 0 aromatic heterocycles. The zero-order chi connectivity index (χ0) is 16.8. The van der Waals surface area contributed by atoms with Gasteiger partial charge in [0.15, 0.2) is 0 Å². The Morgan fingerprint density at radius 2 is 1.12 bits per heavy atom. The van der Waals surface area contributed by atoms with Gasteiger partial charge in [-0.3, -0.25) is 4.79 Å². The number of carbonyl (C=O) groups is 1. The lowest BCUT2D eigenvalue weighted by Crippen LogP contribution is -2.14. The van der Waals surface area contributed by atoms with Crippen molar-refractivity contribution in [3.8, 4) is 0 Å². The van der Waals surface area contributed by atoms with Crippen LogP contribution in [0.25, 0.3) is 11.1 Å². The van der Waals surface area contributed by atoms with E-state index < -0.39 is 0 Å². The molecule has 0 bridgehead atoms. The Labute approximate surface area is 142 Å². The monoisotopic (exact) mass is 313 g/mol. The minimum Gasteiger partial charge on any atom is -0.322 e. The van der Waals surface area contributed by atoms with Gasteiger partial charge in [0.2, 0.25) is 0 Å². The third-order valence-electron chi connectivity index (χ3n) is 3.90. The molecule has 1 amide bonds. The van der Waals surface area contributed by atoms with E-state index in [-0.39, 0.29) is 5.91 Å². The van der Waals surface area contributed by atoms with Crippen molar-refractivity contribution in [1.29, 1.82) is 0 Å². The van der Waals surface area contributed by atoms with Crippen LogP contribution in [0, 0.1) is 0 Å². The first-order chi connectivity index (χ1) is 11.8. The summed E-state index contributed by atoms with van der Waals surface area (Å²) >= 11 is 0. The van der Waals surface area contributed by atoms with Gasteiger partial charge in [0, 0.05) is 5.69 Å². The van der Waals surface area contributed by atoms with Gasteiger partial charge in [0.25, 0.3) is 5.91 Å². The van der Waals surface area contributed by atoms with Crippen LogP contribution in [0.3, 0.4) is 0 Å². The number of rotatable bonds is 4. The van der Waals surface area contributed by atoms with E-state index in [4.69, 9.17) is 0 Å². The van der Waals surface area contributed by atoms with Gasteiger partial charge in [-0.25, -0.2) is 0 Å². The van der Waals surface area contributed by atoms with Crippen molar-refractivity contribution in [2.75, 3.05) is 5.32 Å². The van der Waals surface area contributed by atoms with Crippen LogP contribution in [0.1, 0.15) is 18.1 Å². The fourth-order valence-corrected chi connectivity index (χ4v) is 2.67. The first-order valence-electron chi connectivity index (χ1n) is 7.94. The summed E-state index contributed by atoms with van der Waals surface area (Å²) in [6.45, 7) is 1.99. The third-order valence-corrected chi connectivity index (χ3v) is 3.90. The highest BCUT2D eigenvalue weighted by molar-refractivity contribution is 6.31. The van der Waals surface area contributed by atoms with Crippen molar-refractivity contribution >= 4 is 22.7 Å². The maximum Gasteiger partial charge on any atom is 0.256 e. The number of hydrogen-bond acceptors (Lipinski definition) is 1. The van der Waals surface area contributed by atoms with Crippen LogP contribution < -0.4 is 5.32 Å². The normalized spacial score (nSPS) is 11.5. The van der Waals surface area contributed by atoms with Gasteiger partial charge >= 0.3 is 0 Å². The molecule has 0 saturated heterocycles. The van der Waals surface area contributed by atoms with E-state index in [0.29, 0.717) is 5.57 Å². The average molecular weight is 313 g/mol. The molecule has 0 aliphatic rings. The second-order valence-electron chi connectivity index (χ2n) is 5.55. The van der Waals surface area contributed by atoms with Crippen LogP contribution in [-0.2, 0) is 4.79 Å². The van der Waals surface area contributed by atoms with Crippen molar-refractivity contribution in [1.82, 2.24) is 0 Å². The molecule has 0 atom stereocenters. The van der Waals surface area contributed by atoms with Crippen LogP contribution in [0.2, 0.25) is 0 Å². The van der Waals surface area contributed by atoms with E-state index in [1.54, 1.807) is 0 Å². The maximum atomic E-state index is 13.0. The summed E-state index contributed by atoms with van der Waals surface area (Å²) in [5, 5.41) is 2.99. The Morgan fingerprint density at radius 3 is 1.67 bits per heavy atom. The highest BCUT2D eigenvalue weighted by Crippen LogP contribution is 2.27. The Kier molecular flexibility index (Phi) is 4.87. The summed E-state index contributed by atoms with van der Waals surface area (Å²) in [5.74, 6) is -0.103. The van der Waals surface area contributed by atoms with Crippen molar-refractivity contribution in [3.05, 3.63) is 102 Å². The predicted molar refractivity (Wildman–Crippen MR) is 100 cm³/mol. The molecular weight excluding hydrogens is 294 g/mol. The SMILES string of the molecule is C/C(=C(/C(=O)Nc1ccccc1)c1ccccc1)c1ccccc1. The number of para-hydroxylation sites is 1. The second-order valence-corrected chi connectivity index (χ2v) is 5.55. The molecule has 2 heteroatoms. The molecule has 0 heterocycles. The van der Waals surface area contributed by atoms with Gasteiger partial charge in [-0.2, -0.15) is 0 Å². The van der Waals surface area contributed by atoms with E-state index in [9.17, 15) is 4.79 Å². The summed E-state index contributed by atoms with van der Waals surface area (Å²) in [6.07, 6.45) is 0. The quantitative estimate of drug-likeness (QED) is 0.517. The molecule has 0 saturated carbocycles. The minimum atomic E-state index is -0.103. The number of amides is 1. The third kappa shape index (κ3) is 3.61. The second kappa shape index (κ2) is 7.42.